The number of aliphatic imine (C=N–C) groups is 1. The van der Waals surface area contributed by atoms with Crippen LogP contribution < -0.4 is 5.19 Å². The van der Waals surface area contributed by atoms with Gasteiger partial charge in [-0.15, -0.1) is 0 Å². The van der Waals surface area contributed by atoms with Crippen molar-refractivity contribution < 1.29 is 4.74 Å². The third-order valence-corrected chi connectivity index (χ3v) is 5.85. The Morgan fingerprint density at radius 3 is 2.33 bits per heavy atom. The first-order valence-corrected chi connectivity index (χ1v) is 10.9. The van der Waals surface area contributed by atoms with E-state index in [1.165, 1.54) is 16.3 Å². The van der Waals surface area contributed by atoms with Gasteiger partial charge in [-0.2, -0.15) is 0 Å². The van der Waals surface area contributed by atoms with Crippen LogP contribution in [0.4, 0.5) is 0 Å². The first-order valence-electron chi connectivity index (χ1n) is 7.41. The van der Waals surface area contributed by atoms with E-state index in [9.17, 15) is 0 Å². The molecule has 2 nitrogen and oxygen atoms in total. The van der Waals surface area contributed by atoms with Gasteiger partial charge < -0.3 is 4.74 Å². The van der Waals surface area contributed by atoms with Crippen molar-refractivity contribution in [2.45, 2.75) is 25.7 Å². The zero-order valence-corrected chi connectivity index (χ0v) is 13.8. The fraction of sp³-hybridized carbons (Fsp3) is 0.278. The van der Waals surface area contributed by atoms with E-state index in [-0.39, 0.29) is 6.04 Å². The van der Waals surface area contributed by atoms with Crippen molar-refractivity contribution in [2.75, 3.05) is 6.61 Å². The summed E-state index contributed by atoms with van der Waals surface area (Å²) in [5, 5.41) is 1.41. The van der Waals surface area contributed by atoms with Crippen molar-refractivity contribution in [1.29, 1.82) is 0 Å². The van der Waals surface area contributed by atoms with Crippen LogP contribution in [0.3, 0.4) is 0 Å². The van der Waals surface area contributed by atoms with Gasteiger partial charge in [-0.05, 0) is 16.8 Å². The maximum atomic E-state index is 5.91. The second-order valence-corrected chi connectivity index (χ2v) is 11.5. The van der Waals surface area contributed by atoms with Crippen molar-refractivity contribution in [3.63, 3.8) is 0 Å². The second-order valence-electron chi connectivity index (χ2n) is 6.47. The Kier molecular flexibility index (Phi) is 3.68. The second kappa shape index (κ2) is 5.49. The van der Waals surface area contributed by atoms with Gasteiger partial charge in [-0.25, -0.2) is 4.99 Å². The highest BCUT2D eigenvalue weighted by atomic mass is 28.3. The number of hydrogen-bond donors (Lipinski definition) is 0. The first kappa shape index (κ1) is 14.1. The Hall–Kier alpha value is -1.87. The molecule has 1 atom stereocenters. The SMILES string of the molecule is C[Si](C)(C)c1ccccc1C1=N[C@@H](c2ccccc2)CO1. The molecule has 0 bridgehead atoms. The maximum Gasteiger partial charge on any atom is 0.216 e. The minimum Gasteiger partial charge on any atom is -0.475 e. The number of rotatable bonds is 3. The fourth-order valence-electron chi connectivity index (χ4n) is 2.69. The number of nitrogens with zero attached hydrogens (tertiary/aromatic N) is 1. The van der Waals surface area contributed by atoms with Crippen LogP contribution in [0.2, 0.25) is 19.6 Å². The standard InChI is InChI=1S/C18H21NOSi/c1-21(2,3)17-12-8-7-11-15(17)18-19-16(13-20-18)14-9-5-4-6-10-14/h4-12,16H,13H2,1-3H3/t16-/m1/s1. The molecule has 2 aromatic carbocycles. The van der Waals surface area contributed by atoms with Crippen LogP contribution in [0, 0.1) is 0 Å². The third-order valence-electron chi connectivity index (χ3n) is 3.80. The number of benzene rings is 2. The van der Waals surface area contributed by atoms with Gasteiger partial charge in [-0.1, -0.05) is 68.2 Å². The van der Waals surface area contributed by atoms with Gasteiger partial charge in [0.2, 0.25) is 5.90 Å². The van der Waals surface area contributed by atoms with Gasteiger partial charge in [0.15, 0.2) is 0 Å². The average molecular weight is 295 g/mol. The molecule has 0 radical (unpaired) electrons. The molecule has 3 heteroatoms. The van der Waals surface area contributed by atoms with Gasteiger partial charge in [0.1, 0.15) is 12.6 Å². The summed E-state index contributed by atoms with van der Waals surface area (Å²) < 4.78 is 5.91. The summed E-state index contributed by atoms with van der Waals surface area (Å²) in [6, 6.07) is 19.0. The van der Waals surface area contributed by atoms with Crippen LogP contribution in [-0.2, 0) is 4.74 Å². The Labute approximate surface area is 127 Å². The summed E-state index contributed by atoms with van der Waals surface area (Å²) in [6.07, 6.45) is 0. The molecule has 0 N–H and O–H groups in total. The van der Waals surface area contributed by atoms with E-state index in [1.54, 1.807) is 0 Å². The first-order chi connectivity index (χ1) is 10.1. The molecule has 0 saturated heterocycles. The number of hydrogen-bond acceptors (Lipinski definition) is 2. The molecule has 1 aliphatic rings. The summed E-state index contributed by atoms with van der Waals surface area (Å²) in [6.45, 7) is 7.71. The van der Waals surface area contributed by atoms with Crippen LogP contribution in [-0.4, -0.2) is 20.6 Å². The zero-order valence-electron chi connectivity index (χ0n) is 12.8. The Balaban J connectivity index is 1.96. The summed E-state index contributed by atoms with van der Waals surface area (Å²) in [7, 11) is -1.41. The molecule has 2 aromatic rings. The van der Waals surface area contributed by atoms with Gasteiger partial charge in [-0.3, -0.25) is 0 Å². The van der Waals surface area contributed by atoms with E-state index in [4.69, 9.17) is 9.73 Å². The maximum absolute atomic E-state index is 5.91. The van der Waals surface area contributed by atoms with Crippen molar-refractivity contribution in [3.05, 3.63) is 65.7 Å². The number of ether oxygens (including phenoxy) is 1. The van der Waals surface area contributed by atoms with Crippen LogP contribution in [0.1, 0.15) is 17.2 Å². The molecule has 0 aromatic heterocycles. The topological polar surface area (TPSA) is 21.6 Å². The molecular weight excluding hydrogens is 274 g/mol. The van der Waals surface area contributed by atoms with E-state index in [2.05, 4.69) is 68.2 Å². The predicted octanol–water partition coefficient (Wildman–Crippen LogP) is 3.75. The van der Waals surface area contributed by atoms with E-state index in [1.807, 2.05) is 6.07 Å². The summed E-state index contributed by atoms with van der Waals surface area (Å²) in [5.41, 5.74) is 2.40. The summed E-state index contributed by atoms with van der Waals surface area (Å²) >= 11 is 0. The lowest BCUT2D eigenvalue weighted by Gasteiger charge is -2.20. The molecule has 108 valence electrons. The monoisotopic (exact) mass is 295 g/mol. The van der Waals surface area contributed by atoms with Gasteiger partial charge >= 0.3 is 0 Å². The van der Waals surface area contributed by atoms with E-state index in [0.29, 0.717) is 6.61 Å². The lowest BCUT2D eigenvalue weighted by molar-refractivity contribution is 0.320. The lowest BCUT2D eigenvalue weighted by Crippen LogP contribution is -2.41. The van der Waals surface area contributed by atoms with Gasteiger partial charge in [0.05, 0.1) is 8.07 Å². The lowest BCUT2D eigenvalue weighted by atomic mass is 10.1. The molecule has 0 amide bonds. The van der Waals surface area contributed by atoms with E-state index in [0.717, 1.165) is 5.90 Å². The van der Waals surface area contributed by atoms with Crippen LogP contribution in [0.25, 0.3) is 0 Å². The van der Waals surface area contributed by atoms with Crippen LogP contribution in [0.5, 0.6) is 0 Å². The highest BCUT2D eigenvalue weighted by molar-refractivity contribution is 6.89. The normalized spacial score (nSPS) is 18.2. The largest absolute Gasteiger partial charge is 0.475 e. The van der Waals surface area contributed by atoms with Gasteiger partial charge in [0.25, 0.3) is 0 Å². The molecule has 0 spiro atoms. The van der Waals surface area contributed by atoms with Crippen molar-refractivity contribution >= 4 is 19.2 Å². The van der Waals surface area contributed by atoms with Crippen LogP contribution in [0.15, 0.2) is 59.6 Å². The third kappa shape index (κ3) is 2.93. The van der Waals surface area contributed by atoms with Crippen molar-refractivity contribution in [3.8, 4) is 0 Å². The summed E-state index contributed by atoms with van der Waals surface area (Å²) in [4.78, 5) is 4.82. The molecule has 0 saturated carbocycles. The summed E-state index contributed by atoms with van der Waals surface area (Å²) in [5.74, 6) is 0.807. The zero-order chi connectivity index (χ0) is 14.9. The minimum absolute atomic E-state index is 0.121. The Bertz CT molecular complexity index is 658. The molecule has 0 fully saturated rings. The fourth-order valence-corrected chi connectivity index (χ4v) is 4.29. The highest BCUT2D eigenvalue weighted by Gasteiger charge is 2.27. The Morgan fingerprint density at radius 1 is 0.952 bits per heavy atom. The molecule has 0 unspecified atom stereocenters. The molecule has 0 aliphatic carbocycles. The smallest absolute Gasteiger partial charge is 0.216 e. The molecule has 1 heterocycles. The Morgan fingerprint density at radius 2 is 1.62 bits per heavy atom. The molecule has 1 aliphatic heterocycles. The highest BCUT2D eigenvalue weighted by Crippen LogP contribution is 2.25. The molecular formula is C18H21NOSi. The average Bonchev–Trinajstić information content (AvgIpc) is 2.97. The van der Waals surface area contributed by atoms with Crippen molar-refractivity contribution in [1.82, 2.24) is 0 Å². The van der Waals surface area contributed by atoms with Crippen LogP contribution >= 0.6 is 0 Å². The van der Waals surface area contributed by atoms with E-state index >= 15 is 0 Å². The van der Waals surface area contributed by atoms with Crippen molar-refractivity contribution in [2.24, 2.45) is 4.99 Å². The quantitative estimate of drug-likeness (QED) is 0.790. The van der Waals surface area contributed by atoms with Gasteiger partial charge in [0, 0.05) is 5.56 Å². The van der Waals surface area contributed by atoms with E-state index < -0.39 is 8.07 Å². The molecule has 21 heavy (non-hydrogen) atoms. The minimum atomic E-state index is -1.41. The molecule has 3 rings (SSSR count). The predicted molar refractivity (Wildman–Crippen MR) is 91.1 cm³/mol.